The van der Waals surface area contributed by atoms with Gasteiger partial charge in [-0.1, -0.05) is 24.3 Å². The van der Waals surface area contributed by atoms with Gasteiger partial charge in [0.15, 0.2) is 5.82 Å². The second-order valence-electron chi connectivity index (χ2n) is 7.70. The molecule has 0 saturated carbocycles. The lowest BCUT2D eigenvalue weighted by Crippen LogP contribution is -2.01. The summed E-state index contributed by atoms with van der Waals surface area (Å²) < 4.78 is 95.1. The molecule has 178 valence electrons. The van der Waals surface area contributed by atoms with Gasteiger partial charge < -0.3 is 0 Å². The lowest BCUT2D eigenvalue weighted by molar-refractivity contribution is -0.0790. The van der Waals surface area contributed by atoms with Crippen molar-refractivity contribution in [1.29, 1.82) is 0 Å². The molecule has 0 radical (unpaired) electrons. The van der Waals surface area contributed by atoms with E-state index in [-0.39, 0.29) is 34.4 Å². The van der Waals surface area contributed by atoms with Crippen LogP contribution in [-0.2, 0) is 0 Å². The molecule has 0 amide bonds. The van der Waals surface area contributed by atoms with Gasteiger partial charge in [0.2, 0.25) is 0 Å². The van der Waals surface area contributed by atoms with Crippen LogP contribution in [0, 0.1) is 30.2 Å². The van der Waals surface area contributed by atoms with Crippen LogP contribution in [0.1, 0.15) is 11.1 Å². The first-order valence-corrected chi connectivity index (χ1v) is 10.2. The van der Waals surface area contributed by atoms with Crippen molar-refractivity contribution in [3.63, 3.8) is 0 Å². The molecule has 0 saturated heterocycles. The van der Waals surface area contributed by atoms with Crippen LogP contribution in [0.15, 0.2) is 67.0 Å². The van der Waals surface area contributed by atoms with Gasteiger partial charge in [0.1, 0.15) is 23.3 Å². The first-order chi connectivity index (χ1) is 16.5. The van der Waals surface area contributed by atoms with E-state index in [1.165, 1.54) is 24.3 Å². The number of nitrogens with zero attached hydrogens (tertiary/aromatic N) is 2. The van der Waals surface area contributed by atoms with E-state index in [9.17, 15) is 30.7 Å². The number of halogens is 7. The molecule has 1 heterocycles. The molecular formula is C26H15F7N2. The maximum Gasteiger partial charge on any atom is 0.409 e. The monoisotopic (exact) mass is 488 g/mol. The van der Waals surface area contributed by atoms with Crippen LogP contribution < -0.4 is 0 Å². The van der Waals surface area contributed by atoms with Crippen molar-refractivity contribution in [2.75, 3.05) is 0 Å². The quantitative estimate of drug-likeness (QED) is 0.273. The van der Waals surface area contributed by atoms with E-state index in [0.717, 1.165) is 23.8 Å². The summed E-state index contributed by atoms with van der Waals surface area (Å²) in [5, 5.41) is 0. The van der Waals surface area contributed by atoms with Gasteiger partial charge in [0, 0.05) is 40.7 Å². The molecule has 0 spiro atoms. The molecule has 35 heavy (non-hydrogen) atoms. The van der Waals surface area contributed by atoms with Crippen molar-refractivity contribution < 1.29 is 30.7 Å². The minimum atomic E-state index is -4.75. The molecule has 0 unspecified atom stereocenters. The Kier molecular flexibility index (Phi) is 6.43. The summed E-state index contributed by atoms with van der Waals surface area (Å²) in [6, 6.07) is 9.26. The van der Waals surface area contributed by atoms with Crippen molar-refractivity contribution in [1.82, 2.24) is 9.97 Å². The zero-order valence-corrected chi connectivity index (χ0v) is 18.0. The van der Waals surface area contributed by atoms with E-state index in [1.807, 2.05) is 6.92 Å². The Labute approximate surface area is 195 Å². The predicted molar refractivity (Wildman–Crippen MR) is 118 cm³/mol. The standard InChI is InChI=1S/C26H15F7N2/c1-14-12-34-25(35-13-14)16-3-5-18(22(28)9-16)15-2-4-19(21(27)8-15)17-10-23(29)20(24(30)11-17)6-7-26(31,32)33/h2-13H,1H3/b7-6+. The number of alkyl halides is 3. The molecule has 9 heteroatoms. The molecule has 4 aromatic rings. The van der Waals surface area contributed by atoms with Crippen molar-refractivity contribution in [2.45, 2.75) is 13.1 Å². The largest absolute Gasteiger partial charge is 0.409 e. The van der Waals surface area contributed by atoms with E-state index in [2.05, 4.69) is 9.97 Å². The van der Waals surface area contributed by atoms with E-state index < -0.39 is 35.0 Å². The molecule has 0 fully saturated rings. The Morgan fingerprint density at radius 1 is 0.657 bits per heavy atom. The van der Waals surface area contributed by atoms with Gasteiger partial charge in [-0.3, -0.25) is 0 Å². The highest BCUT2D eigenvalue weighted by Gasteiger charge is 2.23. The highest BCUT2D eigenvalue weighted by molar-refractivity contribution is 5.74. The summed E-state index contributed by atoms with van der Waals surface area (Å²) in [7, 11) is 0. The van der Waals surface area contributed by atoms with E-state index >= 15 is 0 Å². The zero-order chi connectivity index (χ0) is 25.3. The Morgan fingerprint density at radius 2 is 1.14 bits per heavy atom. The molecule has 0 aliphatic rings. The number of allylic oxidation sites excluding steroid dienone is 1. The predicted octanol–water partition coefficient (Wildman–Crippen LogP) is 7.92. The lowest BCUT2D eigenvalue weighted by atomic mass is 9.97. The van der Waals surface area contributed by atoms with Gasteiger partial charge in [0.25, 0.3) is 0 Å². The molecule has 0 N–H and O–H groups in total. The molecule has 0 atom stereocenters. The fraction of sp³-hybridized carbons (Fsp3) is 0.0769. The molecule has 0 bridgehead atoms. The zero-order valence-electron chi connectivity index (χ0n) is 18.0. The Hall–Kier alpha value is -4.01. The summed E-state index contributed by atoms with van der Waals surface area (Å²) >= 11 is 0. The third kappa shape index (κ3) is 5.40. The average molecular weight is 488 g/mol. The number of rotatable bonds is 4. The number of aryl methyl sites for hydroxylation is 1. The Balaban J connectivity index is 1.65. The Bertz CT molecular complexity index is 1400. The summed E-state index contributed by atoms with van der Waals surface area (Å²) in [5.41, 5.74) is 0.191. The molecule has 0 aliphatic carbocycles. The van der Waals surface area contributed by atoms with Crippen LogP contribution in [0.4, 0.5) is 30.7 Å². The maximum atomic E-state index is 14.9. The summed E-state index contributed by atoms with van der Waals surface area (Å²) in [6.07, 6.45) is -1.60. The van der Waals surface area contributed by atoms with Gasteiger partial charge in [-0.2, -0.15) is 13.2 Å². The minimum absolute atomic E-state index is 0.0799. The normalized spacial score (nSPS) is 11.9. The minimum Gasteiger partial charge on any atom is -0.236 e. The molecule has 0 aliphatic heterocycles. The van der Waals surface area contributed by atoms with Gasteiger partial charge in [-0.05, 0) is 54.0 Å². The highest BCUT2D eigenvalue weighted by Crippen LogP contribution is 2.33. The van der Waals surface area contributed by atoms with E-state index in [4.69, 9.17) is 0 Å². The van der Waals surface area contributed by atoms with Crippen molar-refractivity contribution in [3.05, 3.63) is 101 Å². The van der Waals surface area contributed by atoms with Crippen LogP contribution in [0.25, 0.3) is 39.7 Å². The van der Waals surface area contributed by atoms with Gasteiger partial charge in [-0.25, -0.2) is 27.5 Å². The first kappa shape index (κ1) is 24.1. The van der Waals surface area contributed by atoms with E-state index in [0.29, 0.717) is 11.4 Å². The van der Waals surface area contributed by atoms with Crippen LogP contribution in [-0.4, -0.2) is 16.1 Å². The van der Waals surface area contributed by atoms with E-state index in [1.54, 1.807) is 18.5 Å². The highest BCUT2D eigenvalue weighted by atomic mass is 19.4. The van der Waals surface area contributed by atoms with Crippen molar-refractivity contribution in [3.8, 4) is 33.6 Å². The molecule has 2 nitrogen and oxygen atoms in total. The van der Waals surface area contributed by atoms with Crippen LogP contribution >= 0.6 is 0 Å². The van der Waals surface area contributed by atoms with Crippen LogP contribution in [0.3, 0.4) is 0 Å². The topological polar surface area (TPSA) is 25.8 Å². The Morgan fingerprint density at radius 3 is 1.69 bits per heavy atom. The maximum absolute atomic E-state index is 14.9. The second-order valence-corrected chi connectivity index (χ2v) is 7.70. The molecule has 4 rings (SSSR count). The smallest absolute Gasteiger partial charge is 0.236 e. The lowest BCUT2D eigenvalue weighted by Gasteiger charge is -2.10. The third-order valence-corrected chi connectivity index (χ3v) is 5.12. The SMILES string of the molecule is Cc1cnc(-c2ccc(-c3ccc(-c4cc(F)c(/C=C/C(F)(F)F)c(F)c4)c(F)c3)c(F)c2)nc1. The molecule has 3 aromatic carbocycles. The summed E-state index contributed by atoms with van der Waals surface area (Å²) in [4.78, 5) is 8.27. The van der Waals surface area contributed by atoms with Gasteiger partial charge in [0.05, 0.1) is 0 Å². The summed E-state index contributed by atoms with van der Waals surface area (Å²) in [5.74, 6) is -3.81. The third-order valence-electron chi connectivity index (χ3n) is 5.12. The summed E-state index contributed by atoms with van der Waals surface area (Å²) in [6.45, 7) is 1.81. The molecule has 1 aromatic heterocycles. The van der Waals surface area contributed by atoms with Crippen LogP contribution in [0.2, 0.25) is 0 Å². The number of hydrogen-bond acceptors (Lipinski definition) is 2. The second kappa shape index (κ2) is 9.32. The van der Waals surface area contributed by atoms with Crippen molar-refractivity contribution in [2.24, 2.45) is 0 Å². The van der Waals surface area contributed by atoms with Crippen LogP contribution in [0.5, 0.6) is 0 Å². The average Bonchev–Trinajstić information content (AvgIpc) is 2.78. The number of aromatic nitrogens is 2. The van der Waals surface area contributed by atoms with Gasteiger partial charge >= 0.3 is 6.18 Å². The fourth-order valence-electron chi connectivity index (χ4n) is 3.42. The number of hydrogen-bond donors (Lipinski definition) is 0. The first-order valence-electron chi connectivity index (χ1n) is 10.2. The van der Waals surface area contributed by atoms with Crippen molar-refractivity contribution >= 4 is 6.08 Å². The fourth-order valence-corrected chi connectivity index (χ4v) is 3.42. The molecular weight excluding hydrogens is 473 g/mol. The number of benzene rings is 3. The van der Waals surface area contributed by atoms with Gasteiger partial charge in [-0.15, -0.1) is 0 Å².